The van der Waals surface area contributed by atoms with Gasteiger partial charge in [-0.15, -0.1) is 0 Å². The van der Waals surface area contributed by atoms with Crippen molar-refractivity contribution >= 4 is 23.2 Å². The van der Waals surface area contributed by atoms with Gasteiger partial charge in [0.1, 0.15) is 12.4 Å². The summed E-state index contributed by atoms with van der Waals surface area (Å²) >= 11 is 0. The van der Waals surface area contributed by atoms with Crippen molar-refractivity contribution in [3.63, 3.8) is 0 Å². The van der Waals surface area contributed by atoms with E-state index in [1.807, 2.05) is 0 Å². The van der Waals surface area contributed by atoms with E-state index < -0.39 is 17.5 Å². The molecule has 5 nitrogen and oxygen atoms in total. The van der Waals surface area contributed by atoms with Crippen LogP contribution in [0.25, 0.3) is 0 Å². The number of nitrogens with one attached hydrogen (secondary N) is 1. The molecule has 2 amide bonds. The summed E-state index contributed by atoms with van der Waals surface area (Å²) in [5.74, 6) is -2.29. The molecule has 0 spiro atoms. The molecule has 1 aliphatic rings. The van der Waals surface area contributed by atoms with Gasteiger partial charge in [0.25, 0.3) is 5.91 Å². The van der Waals surface area contributed by atoms with Crippen molar-refractivity contribution < 1.29 is 23.1 Å². The molecule has 0 radical (unpaired) electrons. The lowest BCUT2D eigenvalue weighted by Gasteiger charge is -2.29. The first-order valence-corrected chi connectivity index (χ1v) is 7.27. The number of anilines is 2. The van der Waals surface area contributed by atoms with Crippen molar-refractivity contribution in [1.29, 1.82) is 0 Å². The molecule has 0 aliphatic carbocycles. The first-order chi connectivity index (χ1) is 11.5. The number of rotatable bonds is 2. The van der Waals surface area contributed by atoms with Crippen molar-refractivity contribution in [2.24, 2.45) is 0 Å². The van der Waals surface area contributed by atoms with Crippen LogP contribution >= 0.6 is 0 Å². The second-order valence-corrected chi connectivity index (χ2v) is 5.28. The van der Waals surface area contributed by atoms with Crippen molar-refractivity contribution in [1.82, 2.24) is 0 Å². The molecule has 2 aromatic rings. The van der Waals surface area contributed by atoms with E-state index in [0.717, 1.165) is 12.1 Å². The zero-order valence-corrected chi connectivity index (χ0v) is 12.8. The molecule has 0 saturated carbocycles. The van der Waals surface area contributed by atoms with Gasteiger partial charge in [0.2, 0.25) is 5.91 Å². The lowest BCUT2D eigenvalue weighted by molar-refractivity contribution is -0.116. The number of hydrogen-bond acceptors (Lipinski definition) is 3. The van der Waals surface area contributed by atoms with Gasteiger partial charge >= 0.3 is 0 Å². The third-order valence-corrected chi connectivity index (χ3v) is 3.64. The summed E-state index contributed by atoms with van der Waals surface area (Å²) in [6, 6.07) is 7.77. The molecule has 1 heterocycles. The van der Waals surface area contributed by atoms with Crippen LogP contribution in [0.1, 0.15) is 17.3 Å². The van der Waals surface area contributed by atoms with Gasteiger partial charge in [-0.25, -0.2) is 8.78 Å². The summed E-state index contributed by atoms with van der Waals surface area (Å²) < 4.78 is 31.6. The number of halogens is 2. The Morgan fingerprint density at radius 1 is 1.12 bits per heavy atom. The molecule has 0 aromatic heterocycles. The second-order valence-electron chi connectivity index (χ2n) is 5.28. The highest BCUT2D eigenvalue weighted by molar-refractivity contribution is 6.05. The van der Waals surface area contributed by atoms with Gasteiger partial charge in [-0.3, -0.25) is 9.59 Å². The second kappa shape index (κ2) is 6.27. The average molecular weight is 332 g/mol. The summed E-state index contributed by atoms with van der Waals surface area (Å²) in [5.41, 5.74) is 0.961. The van der Waals surface area contributed by atoms with Crippen LogP contribution in [-0.2, 0) is 4.79 Å². The van der Waals surface area contributed by atoms with Gasteiger partial charge in [-0.1, -0.05) is 0 Å². The van der Waals surface area contributed by atoms with E-state index in [4.69, 9.17) is 4.74 Å². The predicted molar refractivity (Wildman–Crippen MR) is 84.3 cm³/mol. The van der Waals surface area contributed by atoms with Crippen molar-refractivity contribution in [3.8, 4) is 5.75 Å². The molecule has 3 rings (SSSR count). The van der Waals surface area contributed by atoms with Gasteiger partial charge in [-0.2, -0.15) is 0 Å². The van der Waals surface area contributed by atoms with Crippen LogP contribution in [0.15, 0.2) is 36.4 Å². The summed E-state index contributed by atoms with van der Waals surface area (Å²) in [6.45, 7) is 2.26. The van der Waals surface area contributed by atoms with Crippen LogP contribution in [0.4, 0.5) is 20.2 Å². The van der Waals surface area contributed by atoms with Gasteiger partial charge in [0, 0.05) is 18.2 Å². The van der Waals surface area contributed by atoms with Crippen LogP contribution in [-0.4, -0.2) is 25.0 Å². The normalized spacial score (nSPS) is 13.0. The molecular weight excluding hydrogens is 318 g/mol. The molecule has 24 heavy (non-hydrogen) atoms. The molecular formula is C17H14F2N2O3. The number of ether oxygens (including phenoxy) is 1. The zero-order valence-electron chi connectivity index (χ0n) is 12.8. The van der Waals surface area contributed by atoms with E-state index in [-0.39, 0.29) is 11.5 Å². The number of fused-ring (bicyclic) bond motifs is 1. The SMILES string of the molecule is CC(=O)N1CCOc2ccc(NC(=O)c3ccc(F)c(F)c3)cc21. The molecule has 2 aromatic carbocycles. The Morgan fingerprint density at radius 2 is 1.92 bits per heavy atom. The first kappa shape index (κ1) is 15.9. The quantitative estimate of drug-likeness (QED) is 0.920. The zero-order chi connectivity index (χ0) is 17.3. The number of nitrogens with zero attached hydrogens (tertiary/aromatic N) is 1. The summed E-state index contributed by atoms with van der Waals surface area (Å²) in [5, 5.41) is 2.59. The molecule has 124 valence electrons. The largest absolute Gasteiger partial charge is 0.490 e. The summed E-state index contributed by atoms with van der Waals surface area (Å²) in [6.07, 6.45) is 0. The monoisotopic (exact) mass is 332 g/mol. The summed E-state index contributed by atoms with van der Waals surface area (Å²) in [4.78, 5) is 25.4. The fraction of sp³-hybridized carbons (Fsp3) is 0.176. The van der Waals surface area contributed by atoms with E-state index in [9.17, 15) is 18.4 Å². The van der Waals surface area contributed by atoms with Crippen LogP contribution in [0, 0.1) is 11.6 Å². The smallest absolute Gasteiger partial charge is 0.255 e. The molecule has 7 heteroatoms. The Bertz CT molecular complexity index is 823. The fourth-order valence-corrected chi connectivity index (χ4v) is 2.46. The van der Waals surface area contributed by atoms with Crippen molar-refractivity contribution in [3.05, 3.63) is 53.6 Å². The van der Waals surface area contributed by atoms with Gasteiger partial charge in [0.05, 0.1) is 12.2 Å². The van der Waals surface area contributed by atoms with E-state index in [1.165, 1.54) is 13.0 Å². The number of hydrogen-bond donors (Lipinski definition) is 1. The average Bonchev–Trinajstić information content (AvgIpc) is 2.56. The van der Waals surface area contributed by atoms with Crippen molar-refractivity contribution in [2.75, 3.05) is 23.4 Å². The third-order valence-electron chi connectivity index (χ3n) is 3.64. The molecule has 0 saturated heterocycles. The van der Waals surface area contributed by atoms with Crippen LogP contribution in [0.5, 0.6) is 5.75 Å². The predicted octanol–water partition coefficient (Wildman–Crippen LogP) is 2.96. The van der Waals surface area contributed by atoms with Gasteiger partial charge < -0.3 is 15.0 Å². The maximum Gasteiger partial charge on any atom is 0.255 e. The van der Waals surface area contributed by atoms with E-state index in [1.54, 1.807) is 23.1 Å². The van der Waals surface area contributed by atoms with E-state index in [2.05, 4.69) is 5.32 Å². The van der Waals surface area contributed by atoms with Crippen LogP contribution in [0.3, 0.4) is 0 Å². The molecule has 0 fully saturated rings. The number of carbonyl (C=O) groups is 2. The Balaban J connectivity index is 1.85. The highest BCUT2D eigenvalue weighted by Gasteiger charge is 2.22. The molecule has 0 atom stereocenters. The minimum Gasteiger partial charge on any atom is -0.490 e. The van der Waals surface area contributed by atoms with Crippen LogP contribution < -0.4 is 15.0 Å². The Labute approximate surface area is 136 Å². The molecule has 1 N–H and O–H groups in total. The highest BCUT2D eigenvalue weighted by atomic mass is 19.2. The topological polar surface area (TPSA) is 58.6 Å². The number of carbonyl (C=O) groups excluding carboxylic acids is 2. The fourth-order valence-electron chi connectivity index (χ4n) is 2.46. The number of amides is 2. The highest BCUT2D eigenvalue weighted by Crippen LogP contribution is 2.34. The first-order valence-electron chi connectivity index (χ1n) is 7.27. The minimum atomic E-state index is -1.09. The maximum absolute atomic E-state index is 13.2. The lowest BCUT2D eigenvalue weighted by Crippen LogP contribution is -2.36. The molecule has 0 unspecified atom stereocenters. The summed E-state index contributed by atoms with van der Waals surface area (Å²) in [7, 11) is 0. The van der Waals surface area contributed by atoms with Gasteiger partial charge in [0.15, 0.2) is 11.6 Å². The Morgan fingerprint density at radius 3 is 2.62 bits per heavy atom. The standard InChI is InChI=1S/C17H14F2N2O3/c1-10(22)21-6-7-24-16-5-3-12(9-15(16)21)20-17(23)11-2-4-13(18)14(19)8-11/h2-5,8-9H,6-7H2,1H3,(H,20,23). The molecule has 0 bridgehead atoms. The van der Waals surface area contributed by atoms with E-state index >= 15 is 0 Å². The Hall–Kier alpha value is -2.96. The lowest BCUT2D eigenvalue weighted by atomic mass is 10.1. The third kappa shape index (κ3) is 3.05. The number of benzene rings is 2. The van der Waals surface area contributed by atoms with E-state index in [0.29, 0.717) is 30.3 Å². The molecule has 1 aliphatic heterocycles. The maximum atomic E-state index is 13.2. The van der Waals surface area contributed by atoms with Crippen molar-refractivity contribution in [2.45, 2.75) is 6.92 Å². The Kier molecular flexibility index (Phi) is 4.16. The van der Waals surface area contributed by atoms with Crippen LogP contribution in [0.2, 0.25) is 0 Å². The minimum absolute atomic E-state index is 0.00806. The van der Waals surface area contributed by atoms with Gasteiger partial charge in [-0.05, 0) is 36.4 Å².